The minimum absolute atomic E-state index is 0.222. The summed E-state index contributed by atoms with van der Waals surface area (Å²) in [6.45, 7) is 4.30. The Hall–Kier alpha value is -2.85. The van der Waals surface area contributed by atoms with Gasteiger partial charge in [0.15, 0.2) is 11.5 Å². The summed E-state index contributed by atoms with van der Waals surface area (Å²) in [6.07, 6.45) is 0. The van der Waals surface area contributed by atoms with E-state index in [-0.39, 0.29) is 5.82 Å². The Kier molecular flexibility index (Phi) is 6.83. The maximum Gasteiger partial charge on any atom is 0.166 e. The van der Waals surface area contributed by atoms with Gasteiger partial charge in [-0.25, -0.2) is 4.39 Å². The fourth-order valence-corrected chi connectivity index (χ4v) is 2.81. The summed E-state index contributed by atoms with van der Waals surface area (Å²) in [7, 11) is 0. The Morgan fingerprint density at radius 2 is 1.56 bits per heavy atom. The number of hydrogen-bond donors (Lipinski definition) is 1. The van der Waals surface area contributed by atoms with Crippen LogP contribution in [-0.2, 0) is 19.7 Å². The van der Waals surface area contributed by atoms with E-state index in [0.29, 0.717) is 26.3 Å². The lowest BCUT2D eigenvalue weighted by Crippen LogP contribution is -2.14. The molecule has 1 N–H and O–H groups in total. The molecule has 0 saturated carbocycles. The van der Waals surface area contributed by atoms with Crippen LogP contribution in [0.2, 0.25) is 0 Å². The van der Waals surface area contributed by atoms with Gasteiger partial charge in [-0.2, -0.15) is 0 Å². The van der Waals surface area contributed by atoms with E-state index in [9.17, 15) is 4.39 Å². The van der Waals surface area contributed by atoms with Crippen LogP contribution in [0.25, 0.3) is 0 Å². The number of halogens is 1. The van der Waals surface area contributed by atoms with Gasteiger partial charge in [-0.3, -0.25) is 0 Å². The van der Waals surface area contributed by atoms with Gasteiger partial charge in [-0.05, 0) is 36.2 Å². The van der Waals surface area contributed by atoms with Crippen LogP contribution in [0.5, 0.6) is 11.5 Å². The standard InChI is InChI=1S/C23H24FNO2/c1-2-26-22-10-6-9-20(16-25-15-18-11-13-21(24)14-12-18)23(22)27-17-19-7-4-3-5-8-19/h3-14,25H,2,15-17H2,1H3. The van der Waals surface area contributed by atoms with Gasteiger partial charge in [-0.1, -0.05) is 54.6 Å². The SMILES string of the molecule is CCOc1cccc(CNCc2ccc(F)cc2)c1OCc1ccccc1. The first kappa shape index (κ1) is 18.9. The Balaban J connectivity index is 1.69. The molecule has 4 heteroatoms. The number of rotatable bonds is 9. The van der Waals surface area contributed by atoms with Gasteiger partial charge in [0, 0.05) is 18.7 Å². The van der Waals surface area contributed by atoms with Crippen molar-refractivity contribution >= 4 is 0 Å². The average molecular weight is 365 g/mol. The molecule has 0 saturated heterocycles. The van der Waals surface area contributed by atoms with Crippen LogP contribution < -0.4 is 14.8 Å². The highest BCUT2D eigenvalue weighted by Crippen LogP contribution is 2.32. The van der Waals surface area contributed by atoms with Gasteiger partial charge in [0.2, 0.25) is 0 Å². The van der Waals surface area contributed by atoms with E-state index in [1.807, 2.05) is 55.5 Å². The van der Waals surface area contributed by atoms with E-state index >= 15 is 0 Å². The highest BCUT2D eigenvalue weighted by atomic mass is 19.1. The van der Waals surface area contributed by atoms with Gasteiger partial charge in [0.25, 0.3) is 0 Å². The largest absolute Gasteiger partial charge is 0.490 e. The zero-order valence-electron chi connectivity index (χ0n) is 15.5. The number of hydrogen-bond acceptors (Lipinski definition) is 3. The normalized spacial score (nSPS) is 10.6. The van der Waals surface area contributed by atoms with Crippen molar-refractivity contribution in [1.82, 2.24) is 5.32 Å². The predicted molar refractivity (Wildman–Crippen MR) is 105 cm³/mol. The molecular formula is C23H24FNO2. The highest BCUT2D eigenvalue weighted by molar-refractivity contribution is 5.46. The summed E-state index contributed by atoms with van der Waals surface area (Å²) in [4.78, 5) is 0. The maximum atomic E-state index is 13.0. The van der Waals surface area contributed by atoms with E-state index in [1.165, 1.54) is 12.1 Å². The second kappa shape index (κ2) is 9.74. The number of nitrogens with one attached hydrogen (secondary N) is 1. The predicted octanol–water partition coefficient (Wildman–Crippen LogP) is 5.09. The molecule has 140 valence electrons. The van der Waals surface area contributed by atoms with Crippen molar-refractivity contribution in [3.05, 3.63) is 95.3 Å². The van der Waals surface area contributed by atoms with Gasteiger partial charge in [0.05, 0.1) is 6.61 Å². The topological polar surface area (TPSA) is 30.5 Å². The summed E-state index contributed by atoms with van der Waals surface area (Å²) in [5, 5.41) is 3.39. The van der Waals surface area contributed by atoms with Crippen molar-refractivity contribution in [1.29, 1.82) is 0 Å². The zero-order chi connectivity index (χ0) is 18.9. The fourth-order valence-electron chi connectivity index (χ4n) is 2.81. The lowest BCUT2D eigenvalue weighted by atomic mass is 10.1. The molecule has 0 spiro atoms. The summed E-state index contributed by atoms with van der Waals surface area (Å²) >= 11 is 0. The maximum absolute atomic E-state index is 13.0. The van der Waals surface area contributed by atoms with Crippen LogP contribution in [0.1, 0.15) is 23.6 Å². The first-order valence-electron chi connectivity index (χ1n) is 9.13. The average Bonchev–Trinajstić information content (AvgIpc) is 2.70. The Labute approximate surface area is 159 Å². The van der Waals surface area contributed by atoms with Crippen LogP contribution in [-0.4, -0.2) is 6.61 Å². The molecule has 0 aromatic heterocycles. The Bertz CT molecular complexity index is 835. The van der Waals surface area contributed by atoms with Crippen molar-refractivity contribution in [2.24, 2.45) is 0 Å². The second-order valence-electron chi connectivity index (χ2n) is 6.18. The van der Waals surface area contributed by atoms with Crippen LogP contribution >= 0.6 is 0 Å². The van der Waals surface area contributed by atoms with E-state index in [2.05, 4.69) is 5.32 Å². The van der Waals surface area contributed by atoms with Gasteiger partial charge in [0.1, 0.15) is 12.4 Å². The third-order valence-electron chi connectivity index (χ3n) is 4.14. The van der Waals surface area contributed by atoms with E-state index < -0.39 is 0 Å². The number of ether oxygens (including phenoxy) is 2. The van der Waals surface area contributed by atoms with E-state index in [1.54, 1.807) is 12.1 Å². The molecule has 0 heterocycles. The summed E-state index contributed by atoms with van der Waals surface area (Å²) in [6, 6.07) is 22.5. The van der Waals surface area contributed by atoms with Crippen molar-refractivity contribution in [2.75, 3.05) is 6.61 Å². The van der Waals surface area contributed by atoms with Gasteiger partial charge in [-0.15, -0.1) is 0 Å². The summed E-state index contributed by atoms with van der Waals surface area (Å²) in [5.74, 6) is 1.28. The lowest BCUT2D eigenvalue weighted by Gasteiger charge is -2.16. The molecule has 0 amide bonds. The Morgan fingerprint density at radius 3 is 2.30 bits per heavy atom. The quantitative estimate of drug-likeness (QED) is 0.573. The van der Waals surface area contributed by atoms with Crippen LogP contribution in [0.3, 0.4) is 0 Å². The fraction of sp³-hybridized carbons (Fsp3) is 0.217. The molecule has 0 radical (unpaired) electrons. The van der Waals surface area contributed by atoms with Gasteiger partial charge < -0.3 is 14.8 Å². The number of para-hydroxylation sites is 1. The van der Waals surface area contributed by atoms with E-state index in [0.717, 1.165) is 28.2 Å². The molecule has 0 unspecified atom stereocenters. The van der Waals surface area contributed by atoms with E-state index in [4.69, 9.17) is 9.47 Å². The molecule has 27 heavy (non-hydrogen) atoms. The zero-order valence-corrected chi connectivity index (χ0v) is 15.5. The molecule has 0 atom stereocenters. The highest BCUT2D eigenvalue weighted by Gasteiger charge is 2.11. The smallest absolute Gasteiger partial charge is 0.166 e. The van der Waals surface area contributed by atoms with Crippen LogP contribution in [0.15, 0.2) is 72.8 Å². The molecule has 3 aromatic rings. The van der Waals surface area contributed by atoms with Crippen molar-refractivity contribution in [3.63, 3.8) is 0 Å². The second-order valence-corrected chi connectivity index (χ2v) is 6.18. The molecule has 3 aromatic carbocycles. The van der Waals surface area contributed by atoms with Crippen molar-refractivity contribution in [2.45, 2.75) is 26.6 Å². The molecule has 0 aliphatic carbocycles. The minimum Gasteiger partial charge on any atom is -0.490 e. The lowest BCUT2D eigenvalue weighted by molar-refractivity contribution is 0.266. The van der Waals surface area contributed by atoms with Crippen molar-refractivity contribution in [3.8, 4) is 11.5 Å². The van der Waals surface area contributed by atoms with Gasteiger partial charge >= 0.3 is 0 Å². The van der Waals surface area contributed by atoms with Crippen LogP contribution in [0, 0.1) is 5.82 Å². The summed E-state index contributed by atoms with van der Waals surface area (Å²) < 4.78 is 24.9. The molecule has 3 rings (SSSR count). The molecule has 0 aliphatic rings. The molecule has 0 aliphatic heterocycles. The molecule has 3 nitrogen and oxygen atoms in total. The number of benzene rings is 3. The third-order valence-corrected chi connectivity index (χ3v) is 4.14. The molecular weight excluding hydrogens is 341 g/mol. The molecule has 0 fully saturated rings. The Morgan fingerprint density at radius 1 is 0.778 bits per heavy atom. The first-order valence-corrected chi connectivity index (χ1v) is 9.13. The molecule has 0 bridgehead atoms. The summed E-state index contributed by atoms with van der Waals surface area (Å²) in [5.41, 5.74) is 3.16. The minimum atomic E-state index is -0.222. The van der Waals surface area contributed by atoms with Crippen molar-refractivity contribution < 1.29 is 13.9 Å². The third kappa shape index (κ3) is 5.56. The monoisotopic (exact) mass is 365 g/mol. The first-order chi connectivity index (χ1) is 13.3. The van der Waals surface area contributed by atoms with Crippen LogP contribution in [0.4, 0.5) is 4.39 Å².